The number of anilines is 1. The van der Waals surface area contributed by atoms with Crippen molar-refractivity contribution in [1.82, 2.24) is 24.5 Å². The maximum Gasteiger partial charge on any atom is 0.363 e. The lowest BCUT2D eigenvalue weighted by molar-refractivity contribution is -0.119. The van der Waals surface area contributed by atoms with Gasteiger partial charge in [0.2, 0.25) is 5.69 Å². The lowest BCUT2D eigenvalue weighted by Crippen LogP contribution is -2.22. The molecule has 2 heterocycles. The molecule has 0 saturated carbocycles. The number of halogens is 1. The molecule has 0 radical (unpaired) electrons. The fourth-order valence-electron chi connectivity index (χ4n) is 2.89. The molecule has 0 spiro atoms. The normalized spacial score (nSPS) is 10.6. The van der Waals surface area contributed by atoms with Crippen LogP contribution in [0.2, 0.25) is 5.02 Å². The Morgan fingerprint density at radius 2 is 1.94 bits per heavy atom. The molecule has 32 heavy (non-hydrogen) atoms. The Balaban J connectivity index is 1.45. The molecule has 10 nitrogen and oxygen atoms in total. The highest BCUT2D eigenvalue weighted by Crippen LogP contribution is 2.24. The minimum atomic E-state index is -0.797. The number of nitrogens with one attached hydrogen (secondary N) is 1. The lowest BCUT2D eigenvalue weighted by Gasteiger charge is -2.11. The van der Waals surface area contributed by atoms with Gasteiger partial charge in [-0.05, 0) is 30.3 Å². The zero-order valence-corrected chi connectivity index (χ0v) is 17.6. The van der Waals surface area contributed by atoms with Crippen LogP contribution in [0.3, 0.4) is 0 Å². The number of hydrogen-bond acceptors (Lipinski definition) is 7. The third kappa shape index (κ3) is 4.60. The number of rotatable bonds is 7. The summed E-state index contributed by atoms with van der Waals surface area (Å²) < 4.78 is 13.3. The quantitative estimate of drug-likeness (QED) is 0.429. The Morgan fingerprint density at radius 1 is 1.12 bits per heavy atom. The number of benzene rings is 2. The van der Waals surface area contributed by atoms with E-state index in [1.807, 2.05) is 30.3 Å². The van der Waals surface area contributed by atoms with E-state index in [0.29, 0.717) is 16.4 Å². The van der Waals surface area contributed by atoms with Gasteiger partial charge in [0.25, 0.3) is 5.91 Å². The summed E-state index contributed by atoms with van der Waals surface area (Å²) in [6.45, 7) is -0.538. The van der Waals surface area contributed by atoms with E-state index in [0.717, 1.165) is 5.69 Å². The Hall–Kier alpha value is -4.18. The number of hydrogen-bond donors (Lipinski definition) is 1. The molecule has 4 aromatic rings. The van der Waals surface area contributed by atoms with Crippen molar-refractivity contribution in [2.45, 2.75) is 0 Å². The van der Waals surface area contributed by atoms with E-state index in [1.165, 1.54) is 29.1 Å². The molecule has 162 valence electrons. The molecular weight excluding hydrogens is 436 g/mol. The summed E-state index contributed by atoms with van der Waals surface area (Å²) in [5.74, 6) is -1.14. The van der Waals surface area contributed by atoms with E-state index in [4.69, 9.17) is 21.1 Å². The number of para-hydroxylation sites is 1. The number of amides is 1. The van der Waals surface area contributed by atoms with Crippen LogP contribution in [0.1, 0.15) is 10.5 Å². The van der Waals surface area contributed by atoms with Crippen LogP contribution < -0.4 is 10.1 Å². The number of ether oxygens (including phenoxy) is 2. The predicted molar refractivity (Wildman–Crippen MR) is 115 cm³/mol. The van der Waals surface area contributed by atoms with Gasteiger partial charge in [-0.15, -0.1) is 0 Å². The highest BCUT2D eigenvalue weighted by Gasteiger charge is 2.21. The third-order valence-electron chi connectivity index (χ3n) is 4.35. The molecule has 1 N–H and O–H groups in total. The number of carbonyl (C=O) groups excluding carboxylic acids is 2. The first-order valence-corrected chi connectivity index (χ1v) is 9.73. The van der Waals surface area contributed by atoms with Gasteiger partial charge in [0.05, 0.1) is 30.4 Å². The molecule has 0 fully saturated rings. The highest BCUT2D eigenvalue weighted by atomic mass is 35.5. The van der Waals surface area contributed by atoms with Crippen LogP contribution in [0, 0.1) is 0 Å². The molecule has 11 heteroatoms. The Morgan fingerprint density at radius 3 is 2.66 bits per heavy atom. The van der Waals surface area contributed by atoms with Crippen LogP contribution in [-0.2, 0) is 9.53 Å². The number of aromatic nitrogens is 5. The Labute approximate surface area is 187 Å². The maximum atomic E-state index is 12.5. The molecule has 0 aliphatic rings. The average molecular weight is 453 g/mol. The number of methoxy groups -OCH3 is 1. The van der Waals surface area contributed by atoms with E-state index in [9.17, 15) is 9.59 Å². The third-order valence-corrected chi connectivity index (χ3v) is 4.58. The first-order chi connectivity index (χ1) is 15.5. The fourth-order valence-corrected chi connectivity index (χ4v) is 3.06. The molecule has 4 rings (SSSR count). The lowest BCUT2D eigenvalue weighted by atomic mass is 10.2. The maximum absolute atomic E-state index is 12.5. The summed E-state index contributed by atoms with van der Waals surface area (Å²) in [4.78, 5) is 28.9. The van der Waals surface area contributed by atoms with E-state index < -0.39 is 18.5 Å². The van der Waals surface area contributed by atoms with Crippen molar-refractivity contribution < 1.29 is 19.1 Å². The molecular formula is C21H17ClN6O4. The summed E-state index contributed by atoms with van der Waals surface area (Å²) in [7, 11) is 1.42. The molecule has 0 unspecified atom stereocenters. The second-order valence-electron chi connectivity index (χ2n) is 6.45. The van der Waals surface area contributed by atoms with Crippen LogP contribution in [0.15, 0.2) is 67.4 Å². The van der Waals surface area contributed by atoms with E-state index in [1.54, 1.807) is 24.4 Å². The van der Waals surface area contributed by atoms with Crippen molar-refractivity contribution in [2.75, 3.05) is 19.0 Å². The molecule has 0 bridgehead atoms. The predicted octanol–water partition coefficient (Wildman–Crippen LogP) is 2.91. The first kappa shape index (κ1) is 21.1. The molecule has 0 atom stereocenters. The standard InChI is InChI=1S/C21H17ClN6O4/c1-31-18-10-27(15-5-3-2-4-6-15)26-20(18)21(30)32-11-19(29)25-16-9-14(22)7-8-17(16)28-13-23-12-24-28/h2-10,12-13H,11H2,1H3,(H,25,29). The zero-order valence-electron chi connectivity index (χ0n) is 16.8. The topological polar surface area (TPSA) is 113 Å². The van der Waals surface area contributed by atoms with E-state index in [2.05, 4.69) is 20.5 Å². The molecule has 2 aromatic heterocycles. The molecule has 1 amide bonds. The summed E-state index contributed by atoms with van der Waals surface area (Å²) in [6.07, 6.45) is 4.40. The van der Waals surface area contributed by atoms with Gasteiger partial charge >= 0.3 is 5.97 Å². The van der Waals surface area contributed by atoms with Crippen LogP contribution in [0.5, 0.6) is 5.75 Å². The van der Waals surface area contributed by atoms with Gasteiger partial charge in [0, 0.05) is 5.02 Å². The van der Waals surface area contributed by atoms with Crippen LogP contribution >= 0.6 is 11.6 Å². The average Bonchev–Trinajstić information content (AvgIpc) is 3.48. The smallest absolute Gasteiger partial charge is 0.363 e. The van der Waals surface area contributed by atoms with Crippen LogP contribution in [0.25, 0.3) is 11.4 Å². The van der Waals surface area contributed by atoms with Gasteiger partial charge in [-0.3, -0.25) is 4.79 Å². The minimum Gasteiger partial charge on any atom is -0.493 e. The van der Waals surface area contributed by atoms with Crippen molar-refractivity contribution >= 4 is 29.2 Å². The minimum absolute atomic E-state index is 0.0461. The monoisotopic (exact) mass is 452 g/mol. The SMILES string of the molecule is COc1cn(-c2ccccc2)nc1C(=O)OCC(=O)Nc1cc(Cl)ccc1-n1cncn1. The number of carbonyl (C=O) groups is 2. The molecule has 0 saturated heterocycles. The van der Waals surface area contributed by atoms with Crippen molar-refractivity contribution in [3.63, 3.8) is 0 Å². The van der Waals surface area contributed by atoms with Crippen molar-refractivity contribution in [3.05, 3.63) is 78.1 Å². The van der Waals surface area contributed by atoms with E-state index in [-0.39, 0.29) is 11.4 Å². The summed E-state index contributed by atoms with van der Waals surface area (Å²) >= 11 is 6.05. The van der Waals surface area contributed by atoms with E-state index >= 15 is 0 Å². The van der Waals surface area contributed by atoms with Crippen molar-refractivity contribution in [1.29, 1.82) is 0 Å². The van der Waals surface area contributed by atoms with Gasteiger partial charge in [-0.1, -0.05) is 29.8 Å². The van der Waals surface area contributed by atoms with Crippen molar-refractivity contribution in [2.24, 2.45) is 0 Å². The summed E-state index contributed by atoms with van der Waals surface area (Å²) in [6, 6.07) is 14.1. The van der Waals surface area contributed by atoms with Crippen LogP contribution in [-0.4, -0.2) is 50.1 Å². The van der Waals surface area contributed by atoms with Crippen LogP contribution in [0.4, 0.5) is 5.69 Å². The van der Waals surface area contributed by atoms with Gasteiger partial charge in [-0.25, -0.2) is 19.1 Å². The zero-order chi connectivity index (χ0) is 22.5. The second-order valence-corrected chi connectivity index (χ2v) is 6.89. The number of nitrogens with zero attached hydrogens (tertiary/aromatic N) is 5. The second kappa shape index (κ2) is 9.31. The van der Waals surface area contributed by atoms with Gasteiger partial charge < -0.3 is 14.8 Å². The Kier molecular flexibility index (Phi) is 6.13. The summed E-state index contributed by atoms with van der Waals surface area (Å²) in [5.41, 5.74) is 1.63. The van der Waals surface area contributed by atoms with Gasteiger partial charge in [-0.2, -0.15) is 10.2 Å². The molecule has 0 aliphatic heterocycles. The highest BCUT2D eigenvalue weighted by molar-refractivity contribution is 6.31. The van der Waals surface area contributed by atoms with Gasteiger partial charge in [0.15, 0.2) is 12.4 Å². The van der Waals surface area contributed by atoms with Crippen molar-refractivity contribution in [3.8, 4) is 17.1 Å². The Bertz CT molecular complexity index is 1240. The first-order valence-electron chi connectivity index (χ1n) is 9.36. The molecule has 2 aromatic carbocycles. The largest absolute Gasteiger partial charge is 0.493 e. The fraction of sp³-hybridized carbons (Fsp3) is 0.0952. The molecule has 0 aliphatic carbocycles. The summed E-state index contributed by atoms with van der Waals surface area (Å²) in [5, 5.41) is 11.3. The van der Waals surface area contributed by atoms with Gasteiger partial charge in [0.1, 0.15) is 12.7 Å². The number of esters is 1.